The minimum absolute atomic E-state index is 0.239. The normalized spacial score (nSPS) is 31.3. The molecule has 0 aromatic carbocycles. The molecule has 1 fully saturated rings. The first-order chi connectivity index (χ1) is 11.3. The predicted molar refractivity (Wildman–Crippen MR) is 86.9 cm³/mol. The van der Waals surface area contributed by atoms with Crippen molar-refractivity contribution in [1.82, 2.24) is 0 Å². The molecule has 1 aliphatic heterocycles. The highest BCUT2D eigenvalue weighted by atomic mass is 16.6. The van der Waals surface area contributed by atoms with Crippen LogP contribution in [0.1, 0.15) is 59.8 Å². The zero-order valence-corrected chi connectivity index (χ0v) is 14.9. The lowest BCUT2D eigenvalue weighted by molar-refractivity contribution is -0.175. The number of carbonyl (C=O) groups excluding carboxylic acids is 3. The maximum Gasteiger partial charge on any atom is 0.327 e. The van der Waals surface area contributed by atoms with Crippen molar-refractivity contribution in [2.75, 3.05) is 0 Å². The van der Waals surface area contributed by atoms with Crippen LogP contribution in [0.25, 0.3) is 0 Å². The molecule has 0 aliphatic carbocycles. The molecule has 24 heavy (non-hydrogen) atoms. The van der Waals surface area contributed by atoms with Crippen LogP contribution in [0, 0.1) is 5.92 Å². The fourth-order valence-electron chi connectivity index (χ4n) is 2.62. The second kappa shape index (κ2) is 9.61. The molecule has 0 unspecified atom stereocenters. The van der Waals surface area contributed by atoms with Crippen molar-refractivity contribution in [3.63, 3.8) is 0 Å². The predicted octanol–water partition coefficient (Wildman–Crippen LogP) is 1.71. The van der Waals surface area contributed by atoms with Crippen LogP contribution in [0.2, 0.25) is 0 Å². The van der Waals surface area contributed by atoms with E-state index in [1.165, 1.54) is 0 Å². The van der Waals surface area contributed by atoms with Gasteiger partial charge in [0.25, 0.3) is 0 Å². The smallest absolute Gasteiger partial charge is 0.327 e. The maximum atomic E-state index is 12.5. The first-order valence-electron chi connectivity index (χ1n) is 8.67. The molecule has 0 bridgehead atoms. The second-order valence-corrected chi connectivity index (χ2v) is 6.26. The summed E-state index contributed by atoms with van der Waals surface area (Å²) < 4.78 is 16.1. The van der Waals surface area contributed by atoms with E-state index in [2.05, 4.69) is 0 Å². The molecule has 7 nitrogen and oxygen atoms in total. The Morgan fingerprint density at radius 2 is 1.71 bits per heavy atom. The van der Waals surface area contributed by atoms with Crippen molar-refractivity contribution in [2.45, 2.75) is 84.2 Å². The Labute approximate surface area is 143 Å². The first kappa shape index (κ1) is 20.4. The molecule has 5 atom stereocenters. The summed E-state index contributed by atoms with van der Waals surface area (Å²) in [6.45, 7) is 7.02. The van der Waals surface area contributed by atoms with Crippen molar-refractivity contribution in [3.05, 3.63) is 0 Å². The van der Waals surface area contributed by atoms with E-state index in [0.717, 1.165) is 12.8 Å². The van der Waals surface area contributed by atoms with Crippen LogP contribution < -0.4 is 5.73 Å². The second-order valence-electron chi connectivity index (χ2n) is 6.26. The number of carbonyl (C=O) groups is 3. The standard InChI is InChI=1S/C17H29NO6/c1-5-7-9-12-15(24-13(19)8-6-2)11(4)23-17(21)14(18)10(3)22-16(12)20/h10-12,14-15H,5-9,18H2,1-4H3/t10-,11+,12-,14+,15+/m1/s1. The topological polar surface area (TPSA) is 105 Å². The van der Waals surface area contributed by atoms with Gasteiger partial charge in [-0.15, -0.1) is 0 Å². The van der Waals surface area contributed by atoms with Gasteiger partial charge >= 0.3 is 17.9 Å². The van der Waals surface area contributed by atoms with E-state index >= 15 is 0 Å². The van der Waals surface area contributed by atoms with E-state index in [9.17, 15) is 14.4 Å². The molecule has 1 heterocycles. The third kappa shape index (κ3) is 5.47. The number of hydrogen-bond acceptors (Lipinski definition) is 7. The summed E-state index contributed by atoms with van der Waals surface area (Å²) in [6, 6.07) is -1.06. The molecule has 0 saturated carbocycles. The molecule has 1 aliphatic rings. The van der Waals surface area contributed by atoms with Gasteiger partial charge in [0.05, 0.1) is 5.92 Å². The molecule has 7 heteroatoms. The molecule has 0 spiro atoms. The lowest BCUT2D eigenvalue weighted by Crippen LogP contribution is -2.44. The SMILES string of the molecule is CCCC[C@H]1C(=O)O[C@H](C)[C@H](N)C(=O)O[C@@H](C)[C@@H]1OC(=O)CCC. The highest BCUT2D eigenvalue weighted by molar-refractivity contribution is 5.79. The van der Waals surface area contributed by atoms with E-state index in [1.807, 2.05) is 13.8 Å². The van der Waals surface area contributed by atoms with Crippen LogP contribution in [0.4, 0.5) is 0 Å². The Kier molecular flexibility index (Phi) is 8.18. The van der Waals surface area contributed by atoms with Gasteiger partial charge in [-0.05, 0) is 26.7 Å². The van der Waals surface area contributed by atoms with Crippen LogP contribution in [0.3, 0.4) is 0 Å². The van der Waals surface area contributed by atoms with E-state index in [0.29, 0.717) is 12.8 Å². The average Bonchev–Trinajstić information content (AvgIpc) is 2.54. The van der Waals surface area contributed by atoms with Crippen LogP contribution in [-0.4, -0.2) is 42.3 Å². The molecule has 1 saturated heterocycles. The molecular formula is C17H29NO6. The largest absolute Gasteiger partial charge is 0.460 e. The molecule has 0 radical (unpaired) electrons. The van der Waals surface area contributed by atoms with Crippen LogP contribution >= 0.6 is 0 Å². The summed E-state index contributed by atoms with van der Waals surface area (Å²) in [5, 5.41) is 0. The fourth-order valence-corrected chi connectivity index (χ4v) is 2.62. The Balaban J connectivity index is 3.09. The maximum absolute atomic E-state index is 12.5. The van der Waals surface area contributed by atoms with Crippen molar-refractivity contribution in [3.8, 4) is 0 Å². The highest BCUT2D eigenvalue weighted by Gasteiger charge is 2.42. The minimum Gasteiger partial charge on any atom is -0.460 e. The van der Waals surface area contributed by atoms with Gasteiger partial charge in [-0.2, -0.15) is 0 Å². The van der Waals surface area contributed by atoms with Gasteiger partial charge in [0, 0.05) is 6.42 Å². The summed E-state index contributed by atoms with van der Waals surface area (Å²) in [5.74, 6) is -2.28. The van der Waals surface area contributed by atoms with Gasteiger partial charge in [-0.25, -0.2) is 0 Å². The fraction of sp³-hybridized carbons (Fsp3) is 0.824. The van der Waals surface area contributed by atoms with E-state index in [-0.39, 0.29) is 6.42 Å². The quantitative estimate of drug-likeness (QED) is 0.578. The van der Waals surface area contributed by atoms with E-state index < -0.39 is 48.2 Å². The van der Waals surface area contributed by atoms with Gasteiger partial charge in [-0.1, -0.05) is 26.7 Å². The number of rotatable bonds is 6. The molecule has 138 valence electrons. The lowest BCUT2D eigenvalue weighted by atomic mass is 9.92. The first-order valence-corrected chi connectivity index (χ1v) is 8.67. The molecule has 1 rings (SSSR count). The van der Waals surface area contributed by atoms with Crippen molar-refractivity contribution in [1.29, 1.82) is 0 Å². The average molecular weight is 343 g/mol. The summed E-state index contributed by atoms with van der Waals surface area (Å²) in [4.78, 5) is 36.5. The van der Waals surface area contributed by atoms with Gasteiger partial charge in [-0.3, -0.25) is 14.4 Å². The third-order valence-electron chi connectivity index (χ3n) is 4.13. The minimum atomic E-state index is -1.06. The number of unbranched alkanes of at least 4 members (excludes halogenated alkanes) is 1. The van der Waals surface area contributed by atoms with E-state index in [1.54, 1.807) is 13.8 Å². The summed E-state index contributed by atoms with van der Waals surface area (Å²) in [7, 11) is 0. The van der Waals surface area contributed by atoms with Gasteiger partial charge < -0.3 is 19.9 Å². The van der Waals surface area contributed by atoms with Crippen LogP contribution in [-0.2, 0) is 28.6 Å². The third-order valence-corrected chi connectivity index (χ3v) is 4.13. The van der Waals surface area contributed by atoms with Crippen LogP contribution in [0.5, 0.6) is 0 Å². The summed E-state index contributed by atoms with van der Waals surface area (Å²) in [6.07, 6.45) is 0.558. The Hall–Kier alpha value is -1.63. The monoisotopic (exact) mass is 343 g/mol. The zero-order valence-electron chi connectivity index (χ0n) is 14.9. The number of hydrogen-bond donors (Lipinski definition) is 1. The van der Waals surface area contributed by atoms with Crippen molar-refractivity contribution in [2.24, 2.45) is 11.7 Å². The Bertz CT molecular complexity index is 452. The van der Waals surface area contributed by atoms with Crippen molar-refractivity contribution >= 4 is 17.9 Å². The zero-order chi connectivity index (χ0) is 18.3. The van der Waals surface area contributed by atoms with Crippen LogP contribution in [0.15, 0.2) is 0 Å². The highest BCUT2D eigenvalue weighted by Crippen LogP contribution is 2.25. The molecule has 0 aromatic rings. The number of nitrogens with two attached hydrogens (primary N) is 1. The molecule has 0 amide bonds. The number of esters is 3. The Morgan fingerprint density at radius 1 is 1.08 bits per heavy atom. The molecular weight excluding hydrogens is 314 g/mol. The number of cyclic esters (lactones) is 2. The number of ether oxygens (including phenoxy) is 3. The summed E-state index contributed by atoms with van der Waals surface area (Å²) in [5.41, 5.74) is 5.77. The lowest BCUT2D eigenvalue weighted by Gasteiger charge is -2.29. The van der Waals surface area contributed by atoms with E-state index in [4.69, 9.17) is 19.9 Å². The Morgan fingerprint density at radius 3 is 2.29 bits per heavy atom. The van der Waals surface area contributed by atoms with Gasteiger partial charge in [0.1, 0.15) is 18.2 Å². The molecule has 2 N–H and O–H groups in total. The summed E-state index contributed by atoms with van der Waals surface area (Å²) >= 11 is 0. The molecule has 0 aromatic heterocycles. The van der Waals surface area contributed by atoms with Gasteiger partial charge in [0.15, 0.2) is 6.10 Å². The van der Waals surface area contributed by atoms with Crippen molar-refractivity contribution < 1.29 is 28.6 Å². The van der Waals surface area contributed by atoms with Gasteiger partial charge in [0.2, 0.25) is 0 Å².